The fraction of sp³-hybridized carbons (Fsp3) is 0.538. The summed E-state index contributed by atoms with van der Waals surface area (Å²) in [7, 11) is 0. The Kier molecular flexibility index (Phi) is 8.16. The number of unbranched alkanes of at least 4 members (excludes halogenated alkanes) is 3. The number of pyridine rings is 1. The summed E-state index contributed by atoms with van der Waals surface area (Å²) in [6.45, 7) is 0.319. The largest absolute Gasteiger partial charge is 0.390 e. The zero-order valence-corrected chi connectivity index (χ0v) is 14.7. The molecule has 0 aromatic carbocycles. The van der Waals surface area contributed by atoms with Crippen molar-refractivity contribution in [3.05, 3.63) is 31.1 Å². The quantitative estimate of drug-likeness (QED) is 0.492. The molecule has 6 nitrogen and oxygen atoms in total. The molecule has 1 rings (SSSR count). The van der Waals surface area contributed by atoms with E-state index in [0.717, 1.165) is 19.3 Å². The molecule has 21 heavy (non-hydrogen) atoms. The first-order chi connectivity index (χ1) is 10.0. The highest BCUT2D eigenvalue weighted by Crippen LogP contribution is 2.19. The van der Waals surface area contributed by atoms with Crippen LogP contribution >= 0.6 is 31.9 Å². The van der Waals surface area contributed by atoms with Crippen molar-refractivity contribution < 1.29 is 14.7 Å². The first-order valence-corrected chi connectivity index (χ1v) is 8.18. The predicted octanol–water partition coefficient (Wildman–Crippen LogP) is 2.23. The summed E-state index contributed by atoms with van der Waals surface area (Å²) in [6.07, 6.45) is 3.53. The van der Waals surface area contributed by atoms with Gasteiger partial charge in [0.1, 0.15) is 0 Å². The third-order valence-corrected chi connectivity index (χ3v) is 4.35. The SMILES string of the molecule is NOC(=O)CCCCCCn1c(CO)c(Br)cc(Br)c1=O. The number of rotatable bonds is 8. The average molecular weight is 426 g/mol. The minimum absolute atomic E-state index is 0.158. The van der Waals surface area contributed by atoms with E-state index in [0.29, 0.717) is 34.0 Å². The Morgan fingerprint density at radius 2 is 1.90 bits per heavy atom. The molecule has 0 amide bonds. The Labute approximate surface area is 139 Å². The maximum atomic E-state index is 12.1. The third-order valence-electron chi connectivity index (χ3n) is 3.10. The molecule has 0 atom stereocenters. The van der Waals surface area contributed by atoms with Crippen molar-refractivity contribution >= 4 is 37.8 Å². The molecule has 8 heteroatoms. The van der Waals surface area contributed by atoms with Crippen LogP contribution in [0.3, 0.4) is 0 Å². The van der Waals surface area contributed by atoms with Gasteiger partial charge in [0, 0.05) is 17.4 Å². The Morgan fingerprint density at radius 1 is 1.24 bits per heavy atom. The van der Waals surface area contributed by atoms with E-state index >= 15 is 0 Å². The first kappa shape index (κ1) is 18.3. The van der Waals surface area contributed by atoms with Gasteiger partial charge in [-0.15, -0.1) is 0 Å². The number of nitrogens with zero attached hydrogens (tertiary/aromatic N) is 1. The second kappa shape index (κ2) is 9.34. The Morgan fingerprint density at radius 3 is 2.52 bits per heavy atom. The van der Waals surface area contributed by atoms with Gasteiger partial charge in [-0.05, 0) is 50.8 Å². The van der Waals surface area contributed by atoms with Crippen LogP contribution in [-0.4, -0.2) is 15.6 Å². The summed E-state index contributed by atoms with van der Waals surface area (Å²) >= 11 is 6.55. The van der Waals surface area contributed by atoms with Crippen LogP contribution < -0.4 is 11.5 Å². The van der Waals surface area contributed by atoms with Crippen LogP contribution in [0, 0.1) is 0 Å². The number of carbonyl (C=O) groups is 1. The van der Waals surface area contributed by atoms with Gasteiger partial charge in [-0.25, -0.2) is 0 Å². The van der Waals surface area contributed by atoms with E-state index in [1.807, 2.05) is 0 Å². The number of nitrogens with two attached hydrogens (primary N) is 1. The Hall–Kier alpha value is -0.700. The van der Waals surface area contributed by atoms with E-state index in [4.69, 9.17) is 5.90 Å². The molecule has 0 aliphatic carbocycles. The molecule has 1 heterocycles. The van der Waals surface area contributed by atoms with Gasteiger partial charge in [-0.2, -0.15) is 5.90 Å². The number of hydrogen-bond donors (Lipinski definition) is 2. The van der Waals surface area contributed by atoms with Gasteiger partial charge in [0.05, 0.1) is 16.8 Å². The summed E-state index contributed by atoms with van der Waals surface area (Å²) in [6, 6.07) is 1.64. The van der Waals surface area contributed by atoms with E-state index < -0.39 is 5.97 Å². The van der Waals surface area contributed by atoms with Crippen LogP contribution in [0.1, 0.15) is 37.8 Å². The molecule has 1 aromatic heterocycles. The van der Waals surface area contributed by atoms with Crippen LogP contribution in [0.5, 0.6) is 0 Å². The number of aromatic nitrogens is 1. The van der Waals surface area contributed by atoms with Crippen LogP contribution in [0.25, 0.3) is 0 Å². The van der Waals surface area contributed by atoms with Gasteiger partial charge in [0.2, 0.25) is 0 Å². The van der Waals surface area contributed by atoms with Crippen LogP contribution in [0.15, 0.2) is 19.8 Å². The number of aliphatic hydroxyl groups is 1. The van der Waals surface area contributed by atoms with Crippen LogP contribution in [-0.2, 0) is 22.8 Å². The first-order valence-electron chi connectivity index (χ1n) is 6.59. The highest BCUT2D eigenvalue weighted by atomic mass is 79.9. The molecule has 0 saturated heterocycles. The van der Waals surface area contributed by atoms with E-state index in [1.165, 1.54) is 0 Å². The summed E-state index contributed by atoms with van der Waals surface area (Å²) in [4.78, 5) is 27.0. The fourth-order valence-electron chi connectivity index (χ4n) is 1.99. The molecule has 0 unspecified atom stereocenters. The standard InChI is InChI=1S/C13H18Br2N2O4/c14-9-7-10(15)13(20)17(11(9)8-18)6-4-2-1-3-5-12(19)21-16/h7,18H,1-6,8,16H2. The van der Waals surface area contributed by atoms with Gasteiger partial charge in [0.15, 0.2) is 0 Å². The second-order valence-electron chi connectivity index (χ2n) is 4.56. The second-order valence-corrected chi connectivity index (χ2v) is 6.26. The molecule has 0 spiro atoms. The molecule has 0 radical (unpaired) electrons. The molecule has 0 aliphatic rings. The normalized spacial score (nSPS) is 10.7. The lowest BCUT2D eigenvalue weighted by Crippen LogP contribution is -2.25. The Bertz CT molecular complexity index is 546. The van der Waals surface area contributed by atoms with Gasteiger partial charge >= 0.3 is 5.97 Å². The molecule has 0 bridgehead atoms. The highest BCUT2D eigenvalue weighted by Gasteiger charge is 2.11. The predicted molar refractivity (Wildman–Crippen MR) is 85.4 cm³/mol. The van der Waals surface area contributed by atoms with Gasteiger partial charge in [0.25, 0.3) is 5.56 Å². The van der Waals surface area contributed by atoms with Crippen molar-refractivity contribution in [3.8, 4) is 0 Å². The zero-order valence-electron chi connectivity index (χ0n) is 11.5. The van der Waals surface area contributed by atoms with Crippen LogP contribution in [0.2, 0.25) is 0 Å². The molecule has 0 saturated carbocycles. The summed E-state index contributed by atoms with van der Waals surface area (Å²) in [5, 5.41) is 9.38. The highest BCUT2D eigenvalue weighted by molar-refractivity contribution is 9.11. The number of hydrogen-bond acceptors (Lipinski definition) is 5. The van der Waals surface area contributed by atoms with Crippen molar-refractivity contribution in [2.45, 2.75) is 45.3 Å². The molecule has 0 fully saturated rings. The zero-order chi connectivity index (χ0) is 15.8. The van der Waals surface area contributed by atoms with Gasteiger partial charge in [-0.3, -0.25) is 9.59 Å². The Balaban J connectivity index is 2.52. The van der Waals surface area contributed by atoms with Crippen LogP contribution in [0.4, 0.5) is 0 Å². The fourth-order valence-corrected chi connectivity index (χ4v) is 3.30. The van der Waals surface area contributed by atoms with Crippen molar-refractivity contribution in [1.29, 1.82) is 0 Å². The van der Waals surface area contributed by atoms with E-state index in [-0.39, 0.29) is 12.2 Å². The minimum Gasteiger partial charge on any atom is -0.390 e. The lowest BCUT2D eigenvalue weighted by molar-refractivity contribution is -0.144. The van der Waals surface area contributed by atoms with E-state index in [1.54, 1.807) is 10.6 Å². The molecular formula is C13H18Br2N2O4. The summed E-state index contributed by atoms with van der Waals surface area (Å²) in [5.41, 5.74) is 0.406. The molecule has 1 aromatic rings. The van der Waals surface area contributed by atoms with E-state index in [2.05, 4.69) is 36.7 Å². The maximum absolute atomic E-state index is 12.1. The van der Waals surface area contributed by atoms with Crippen molar-refractivity contribution in [2.24, 2.45) is 5.90 Å². The lowest BCUT2D eigenvalue weighted by atomic mass is 10.1. The molecular weight excluding hydrogens is 408 g/mol. The molecule has 3 N–H and O–H groups in total. The minimum atomic E-state index is -0.412. The number of carbonyl (C=O) groups excluding carboxylic acids is 1. The smallest absolute Gasteiger partial charge is 0.324 e. The molecule has 118 valence electrons. The molecule has 0 aliphatic heterocycles. The van der Waals surface area contributed by atoms with E-state index in [9.17, 15) is 14.7 Å². The van der Waals surface area contributed by atoms with Crippen molar-refractivity contribution in [3.63, 3.8) is 0 Å². The van der Waals surface area contributed by atoms with Gasteiger partial charge < -0.3 is 14.5 Å². The average Bonchev–Trinajstić information content (AvgIpc) is 2.47. The summed E-state index contributed by atoms with van der Waals surface area (Å²) in [5.74, 6) is 4.33. The number of halogens is 2. The lowest BCUT2D eigenvalue weighted by Gasteiger charge is -2.13. The van der Waals surface area contributed by atoms with Crippen molar-refractivity contribution in [2.75, 3.05) is 0 Å². The number of aliphatic hydroxyl groups excluding tert-OH is 1. The maximum Gasteiger partial charge on any atom is 0.324 e. The van der Waals surface area contributed by atoms with Gasteiger partial charge in [-0.1, -0.05) is 12.8 Å². The monoisotopic (exact) mass is 424 g/mol. The topological polar surface area (TPSA) is 94.6 Å². The van der Waals surface area contributed by atoms with Crippen molar-refractivity contribution in [1.82, 2.24) is 4.57 Å². The summed E-state index contributed by atoms with van der Waals surface area (Å²) < 4.78 is 2.71. The third kappa shape index (κ3) is 5.54.